The number of hydrogen-bond acceptors (Lipinski definition) is 2. The smallest absolute Gasteiger partial charge is 0.132 e. The van der Waals surface area contributed by atoms with E-state index < -0.39 is 0 Å². The van der Waals surface area contributed by atoms with Gasteiger partial charge in [0.25, 0.3) is 0 Å². The van der Waals surface area contributed by atoms with Crippen molar-refractivity contribution in [2.75, 3.05) is 40.3 Å². The Balaban J connectivity index is 0.000000128. The van der Waals surface area contributed by atoms with Crippen molar-refractivity contribution in [1.82, 2.24) is 18.9 Å². The van der Waals surface area contributed by atoms with Crippen LogP contribution < -0.4 is 0 Å². The Labute approximate surface area is 174 Å². The second kappa shape index (κ2) is 7.52. The highest BCUT2D eigenvalue weighted by Gasteiger charge is 2.26. The van der Waals surface area contributed by atoms with Crippen LogP contribution in [0.3, 0.4) is 0 Å². The molecule has 2 saturated heterocycles. The Hall–Kier alpha value is -2.70. The third-order valence-electron chi connectivity index (χ3n) is 6.27. The molecular weight excluding hydrogens is 382 g/mol. The molecule has 4 aromatic rings. The maximum absolute atomic E-state index is 13.4. The zero-order chi connectivity index (χ0) is 20.8. The molecule has 2 aromatic heterocycles. The van der Waals surface area contributed by atoms with Gasteiger partial charge in [-0.2, -0.15) is 0 Å². The number of benzene rings is 2. The Morgan fingerprint density at radius 3 is 2.03 bits per heavy atom. The first-order valence-corrected chi connectivity index (χ1v) is 10.4. The number of hydrogen-bond donors (Lipinski definition) is 0. The van der Waals surface area contributed by atoms with Crippen molar-refractivity contribution in [1.29, 1.82) is 0 Å². The molecule has 6 heteroatoms. The van der Waals surface area contributed by atoms with E-state index in [1.54, 1.807) is 12.1 Å². The maximum Gasteiger partial charge on any atom is 0.132 e. The summed E-state index contributed by atoms with van der Waals surface area (Å²) in [6.45, 7) is 4.22. The van der Waals surface area contributed by atoms with Crippen LogP contribution >= 0.6 is 0 Å². The van der Waals surface area contributed by atoms with Crippen molar-refractivity contribution < 1.29 is 8.78 Å². The van der Waals surface area contributed by atoms with Crippen LogP contribution in [0.2, 0.25) is 0 Å². The fraction of sp³-hybridized carbons (Fsp3) is 0.333. The molecule has 156 valence electrons. The van der Waals surface area contributed by atoms with Gasteiger partial charge in [-0.25, -0.2) is 8.78 Å². The second-order valence-corrected chi connectivity index (χ2v) is 8.57. The lowest BCUT2D eigenvalue weighted by atomic mass is 10.1. The van der Waals surface area contributed by atoms with Gasteiger partial charge in [0.2, 0.25) is 0 Å². The Bertz CT molecular complexity index is 1160. The predicted molar refractivity (Wildman–Crippen MR) is 117 cm³/mol. The number of halogens is 2. The summed E-state index contributed by atoms with van der Waals surface area (Å²) in [6, 6.07) is 15.2. The van der Waals surface area contributed by atoms with Gasteiger partial charge in [0.1, 0.15) is 11.6 Å². The van der Waals surface area contributed by atoms with Gasteiger partial charge in [0.05, 0.1) is 23.1 Å². The Morgan fingerprint density at radius 1 is 0.733 bits per heavy atom. The first-order valence-electron chi connectivity index (χ1n) is 10.4. The molecule has 6 rings (SSSR count). The van der Waals surface area contributed by atoms with E-state index in [4.69, 9.17) is 0 Å². The summed E-state index contributed by atoms with van der Waals surface area (Å²) in [6.07, 6.45) is 4.05. The van der Waals surface area contributed by atoms with Gasteiger partial charge in [0.15, 0.2) is 0 Å². The van der Waals surface area contributed by atoms with Crippen LogP contribution in [0.25, 0.3) is 21.8 Å². The zero-order valence-corrected chi connectivity index (χ0v) is 17.3. The minimum atomic E-state index is -0.157. The quantitative estimate of drug-likeness (QED) is 0.484. The predicted octanol–water partition coefficient (Wildman–Crippen LogP) is 4.53. The second-order valence-electron chi connectivity index (χ2n) is 8.57. The Morgan fingerprint density at radius 2 is 1.37 bits per heavy atom. The van der Waals surface area contributed by atoms with Crippen LogP contribution in [0, 0.1) is 11.6 Å². The first kappa shape index (κ1) is 19.3. The van der Waals surface area contributed by atoms with E-state index in [2.05, 4.69) is 39.2 Å². The molecule has 2 fully saturated rings. The maximum atomic E-state index is 13.4. The normalized spacial score (nSPS) is 18.3. The molecule has 0 amide bonds. The number of rotatable bonds is 2. The standard InChI is InChI=1S/2C12H13FN2/c1-14-7-11(8-14)15-5-4-9-2-3-10(13)6-12(9)15;1-14-7-9(8-14)15-6-5-10-11(13)3-2-4-12(10)15/h2-6,11H,7-8H2,1H3;2-6,9H,7-8H2,1H3. The molecule has 0 atom stereocenters. The molecule has 0 saturated carbocycles. The molecule has 0 radical (unpaired) electrons. The van der Waals surface area contributed by atoms with Crippen molar-refractivity contribution in [3.63, 3.8) is 0 Å². The first-order chi connectivity index (χ1) is 14.5. The van der Waals surface area contributed by atoms with Crippen LogP contribution in [0.5, 0.6) is 0 Å². The molecule has 0 N–H and O–H groups in total. The van der Waals surface area contributed by atoms with Gasteiger partial charge in [-0.1, -0.05) is 6.07 Å². The summed E-state index contributed by atoms with van der Waals surface area (Å²) in [5, 5.41) is 1.85. The van der Waals surface area contributed by atoms with E-state index in [0.29, 0.717) is 12.1 Å². The van der Waals surface area contributed by atoms with E-state index in [1.807, 2.05) is 30.5 Å². The van der Waals surface area contributed by atoms with Gasteiger partial charge in [0, 0.05) is 44.0 Å². The number of nitrogens with zero attached hydrogens (tertiary/aromatic N) is 4. The summed E-state index contributed by atoms with van der Waals surface area (Å²) in [4.78, 5) is 4.52. The Kier molecular flexibility index (Phi) is 4.83. The van der Waals surface area contributed by atoms with E-state index in [9.17, 15) is 8.78 Å². The largest absolute Gasteiger partial charge is 0.342 e. The third kappa shape index (κ3) is 3.40. The van der Waals surface area contributed by atoms with E-state index >= 15 is 0 Å². The number of likely N-dealkylation sites (tertiary alicyclic amines) is 2. The highest BCUT2D eigenvalue weighted by molar-refractivity contribution is 5.81. The number of aromatic nitrogens is 2. The van der Waals surface area contributed by atoms with Crippen LogP contribution in [-0.2, 0) is 0 Å². The average Bonchev–Trinajstić information content (AvgIpc) is 3.28. The molecular formula is C24H26F2N4. The summed E-state index contributed by atoms with van der Waals surface area (Å²) in [5.41, 5.74) is 2.02. The monoisotopic (exact) mass is 408 g/mol. The van der Waals surface area contributed by atoms with Gasteiger partial charge >= 0.3 is 0 Å². The molecule has 4 heterocycles. The lowest BCUT2D eigenvalue weighted by Gasteiger charge is -2.37. The fourth-order valence-corrected chi connectivity index (χ4v) is 4.59. The van der Waals surface area contributed by atoms with Crippen LogP contribution in [-0.4, -0.2) is 59.2 Å². The molecule has 0 bridgehead atoms. The average molecular weight is 408 g/mol. The molecule has 0 unspecified atom stereocenters. The van der Waals surface area contributed by atoms with Crippen molar-refractivity contribution in [3.05, 3.63) is 72.6 Å². The topological polar surface area (TPSA) is 16.3 Å². The zero-order valence-electron chi connectivity index (χ0n) is 17.3. The van der Waals surface area contributed by atoms with Gasteiger partial charge in [-0.3, -0.25) is 0 Å². The SMILES string of the molecule is CN1CC(n2ccc3c(F)cccc32)C1.CN1CC(n2ccc3ccc(F)cc32)C1. The molecule has 0 spiro atoms. The van der Waals surface area contributed by atoms with Crippen molar-refractivity contribution in [2.45, 2.75) is 12.1 Å². The van der Waals surface area contributed by atoms with Gasteiger partial charge < -0.3 is 18.9 Å². The van der Waals surface area contributed by atoms with E-state index in [-0.39, 0.29) is 11.6 Å². The van der Waals surface area contributed by atoms with Crippen molar-refractivity contribution in [2.24, 2.45) is 0 Å². The van der Waals surface area contributed by atoms with Gasteiger partial charge in [-0.05, 0) is 61.9 Å². The summed E-state index contributed by atoms with van der Waals surface area (Å²) in [7, 11) is 4.20. The van der Waals surface area contributed by atoms with E-state index in [1.165, 1.54) is 12.1 Å². The minimum absolute atomic E-state index is 0.126. The summed E-state index contributed by atoms with van der Waals surface area (Å²) in [5.74, 6) is -0.283. The van der Waals surface area contributed by atoms with Crippen molar-refractivity contribution in [3.8, 4) is 0 Å². The summed E-state index contributed by atoms with van der Waals surface area (Å²) < 4.78 is 30.9. The minimum Gasteiger partial charge on any atom is -0.342 e. The molecule has 2 aliphatic rings. The van der Waals surface area contributed by atoms with Gasteiger partial charge in [-0.15, -0.1) is 0 Å². The number of likely N-dealkylation sites (N-methyl/N-ethyl adjacent to an activating group) is 2. The van der Waals surface area contributed by atoms with E-state index in [0.717, 1.165) is 48.0 Å². The lowest BCUT2D eigenvalue weighted by molar-refractivity contribution is 0.144. The fourth-order valence-electron chi connectivity index (χ4n) is 4.59. The molecule has 2 aromatic carbocycles. The highest BCUT2D eigenvalue weighted by Crippen LogP contribution is 2.27. The molecule has 2 aliphatic heterocycles. The van der Waals surface area contributed by atoms with Crippen molar-refractivity contribution >= 4 is 21.8 Å². The third-order valence-corrected chi connectivity index (χ3v) is 6.27. The molecule has 0 aliphatic carbocycles. The molecule has 4 nitrogen and oxygen atoms in total. The van der Waals surface area contributed by atoms with Crippen LogP contribution in [0.15, 0.2) is 60.9 Å². The number of fused-ring (bicyclic) bond motifs is 2. The van der Waals surface area contributed by atoms with Crippen LogP contribution in [0.1, 0.15) is 12.1 Å². The highest BCUT2D eigenvalue weighted by atomic mass is 19.1. The lowest BCUT2D eigenvalue weighted by Crippen LogP contribution is -2.44. The molecule has 30 heavy (non-hydrogen) atoms. The summed E-state index contributed by atoms with van der Waals surface area (Å²) >= 11 is 0. The van der Waals surface area contributed by atoms with Crippen LogP contribution in [0.4, 0.5) is 8.78 Å².